The van der Waals surface area contributed by atoms with Gasteiger partial charge in [-0.1, -0.05) is 19.8 Å². The minimum atomic E-state index is -0.412. The van der Waals surface area contributed by atoms with Gasteiger partial charge in [0.1, 0.15) is 6.04 Å². The van der Waals surface area contributed by atoms with Gasteiger partial charge in [-0.15, -0.1) is 0 Å². The Bertz CT molecular complexity index is 249. The SMILES string of the molecule is CCCCNC(=O)C(C)NC(=O)C1CCC1. The van der Waals surface area contributed by atoms with Gasteiger partial charge in [-0.05, 0) is 26.2 Å². The Morgan fingerprint density at radius 3 is 2.56 bits per heavy atom. The van der Waals surface area contributed by atoms with Crippen molar-refractivity contribution in [1.82, 2.24) is 10.6 Å². The van der Waals surface area contributed by atoms with Crippen LogP contribution in [0.4, 0.5) is 0 Å². The highest BCUT2D eigenvalue weighted by Crippen LogP contribution is 2.26. The molecule has 4 nitrogen and oxygen atoms in total. The fourth-order valence-corrected chi connectivity index (χ4v) is 1.61. The molecule has 1 rings (SSSR count). The molecule has 2 amide bonds. The van der Waals surface area contributed by atoms with Crippen LogP contribution >= 0.6 is 0 Å². The number of nitrogens with one attached hydrogen (secondary N) is 2. The Kier molecular flexibility index (Phi) is 5.29. The predicted molar refractivity (Wildman–Crippen MR) is 62.9 cm³/mol. The topological polar surface area (TPSA) is 58.2 Å². The Morgan fingerprint density at radius 1 is 1.38 bits per heavy atom. The highest BCUT2D eigenvalue weighted by atomic mass is 16.2. The van der Waals surface area contributed by atoms with Crippen molar-refractivity contribution in [2.75, 3.05) is 6.54 Å². The van der Waals surface area contributed by atoms with Crippen LogP contribution in [0, 0.1) is 5.92 Å². The summed E-state index contributed by atoms with van der Waals surface area (Å²) in [5.74, 6) is 0.0939. The number of hydrogen-bond acceptors (Lipinski definition) is 2. The molecule has 0 aromatic rings. The van der Waals surface area contributed by atoms with Crippen molar-refractivity contribution in [2.45, 2.75) is 52.0 Å². The molecule has 1 aliphatic carbocycles. The van der Waals surface area contributed by atoms with Crippen molar-refractivity contribution >= 4 is 11.8 Å². The van der Waals surface area contributed by atoms with Gasteiger partial charge in [-0.3, -0.25) is 9.59 Å². The number of unbranched alkanes of at least 4 members (excludes halogenated alkanes) is 1. The summed E-state index contributed by atoms with van der Waals surface area (Å²) >= 11 is 0. The van der Waals surface area contributed by atoms with E-state index in [-0.39, 0.29) is 17.7 Å². The lowest BCUT2D eigenvalue weighted by Crippen LogP contribution is -2.47. The molecule has 0 saturated heterocycles. The van der Waals surface area contributed by atoms with Crippen molar-refractivity contribution in [3.8, 4) is 0 Å². The average Bonchev–Trinajstić information content (AvgIpc) is 2.14. The van der Waals surface area contributed by atoms with Crippen LogP contribution in [0.3, 0.4) is 0 Å². The Labute approximate surface area is 97.2 Å². The van der Waals surface area contributed by atoms with E-state index < -0.39 is 6.04 Å². The van der Waals surface area contributed by atoms with Gasteiger partial charge < -0.3 is 10.6 Å². The van der Waals surface area contributed by atoms with Gasteiger partial charge in [-0.25, -0.2) is 0 Å². The van der Waals surface area contributed by atoms with Crippen LogP contribution in [-0.2, 0) is 9.59 Å². The van der Waals surface area contributed by atoms with E-state index in [1.165, 1.54) is 0 Å². The first kappa shape index (κ1) is 13.0. The van der Waals surface area contributed by atoms with E-state index in [1.807, 2.05) is 0 Å². The first-order valence-electron chi connectivity index (χ1n) is 6.23. The second-order valence-electron chi connectivity index (χ2n) is 4.50. The number of carbonyl (C=O) groups is 2. The summed E-state index contributed by atoms with van der Waals surface area (Å²) in [5, 5.41) is 5.57. The van der Waals surface area contributed by atoms with Gasteiger partial charge in [0.2, 0.25) is 11.8 Å². The molecule has 1 unspecified atom stereocenters. The van der Waals surface area contributed by atoms with Crippen molar-refractivity contribution in [3.05, 3.63) is 0 Å². The molecule has 1 aliphatic rings. The summed E-state index contributed by atoms with van der Waals surface area (Å²) < 4.78 is 0. The van der Waals surface area contributed by atoms with E-state index in [1.54, 1.807) is 6.92 Å². The summed E-state index contributed by atoms with van der Waals surface area (Å²) in [5.41, 5.74) is 0. The van der Waals surface area contributed by atoms with E-state index in [4.69, 9.17) is 0 Å². The molecule has 4 heteroatoms. The Morgan fingerprint density at radius 2 is 2.06 bits per heavy atom. The van der Waals surface area contributed by atoms with Crippen LogP contribution in [0.15, 0.2) is 0 Å². The molecule has 0 aromatic heterocycles. The first-order valence-corrected chi connectivity index (χ1v) is 6.23. The zero-order valence-electron chi connectivity index (χ0n) is 10.2. The summed E-state index contributed by atoms with van der Waals surface area (Å²) in [6, 6.07) is -0.412. The highest BCUT2D eigenvalue weighted by Gasteiger charge is 2.27. The third-order valence-corrected chi connectivity index (χ3v) is 3.06. The standard InChI is InChI=1S/C12H22N2O2/c1-3-4-8-13-11(15)9(2)14-12(16)10-6-5-7-10/h9-10H,3-8H2,1-2H3,(H,13,15)(H,14,16). The average molecular weight is 226 g/mol. The largest absolute Gasteiger partial charge is 0.354 e. The van der Waals surface area contributed by atoms with Crippen LogP contribution in [0.1, 0.15) is 46.0 Å². The van der Waals surface area contributed by atoms with Crippen LogP contribution < -0.4 is 10.6 Å². The fourth-order valence-electron chi connectivity index (χ4n) is 1.61. The molecule has 92 valence electrons. The van der Waals surface area contributed by atoms with Gasteiger partial charge in [0.05, 0.1) is 0 Å². The molecular weight excluding hydrogens is 204 g/mol. The molecular formula is C12H22N2O2. The van der Waals surface area contributed by atoms with Crippen LogP contribution in [0.2, 0.25) is 0 Å². The number of rotatable bonds is 6. The lowest BCUT2D eigenvalue weighted by molar-refractivity contribution is -0.132. The van der Waals surface area contributed by atoms with E-state index >= 15 is 0 Å². The zero-order chi connectivity index (χ0) is 12.0. The maximum Gasteiger partial charge on any atom is 0.242 e. The number of hydrogen-bond donors (Lipinski definition) is 2. The predicted octanol–water partition coefficient (Wildman–Crippen LogP) is 1.21. The summed E-state index contributed by atoms with van der Waals surface area (Å²) in [6.07, 6.45) is 5.11. The smallest absolute Gasteiger partial charge is 0.242 e. The van der Waals surface area contributed by atoms with E-state index in [9.17, 15) is 9.59 Å². The fraction of sp³-hybridized carbons (Fsp3) is 0.833. The molecule has 0 heterocycles. The second kappa shape index (κ2) is 6.51. The zero-order valence-corrected chi connectivity index (χ0v) is 10.2. The van der Waals surface area contributed by atoms with Crippen molar-refractivity contribution in [3.63, 3.8) is 0 Å². The Hall–Kier alpha value is -1.06. The van der Waals surface area contributed by atoms with Crippen LogP contribution in [0.25, 0.3) is 0 Å². The number of carbonyl (C=O) groups excluding carboxylic acids is 2. The molecule has 0 radical (unpaired) electrons. The van der Waals surface area contributed by atoms with Crippen LogP contribution in [-0.4, -0.2) is 24.4 Å². The van der Waals surface area contributed by atoms with Gasteiger partial charge >= 0.3 is 0 Å². The monoisotopic (exact) mass is 226 g/mol. The lowest BCUT2D eigenvalue weighted by Gasteiger charge is -2.25. The van der Waals surface area contributed by atoms with Crippen molar-refractivity contribution in [2.24, 2.45) is 5.92 Å². The first-order chi connectivity index (χ1) is 7.65. The third-order valence-electron chi connectivity index (χ3n) is 3.06. The van der Waals surface area contributed by atoms with Gasteiger partial charge in [-0.2, -0.15) is 0 Å². The quantitative estimate of drug-likeness (QED) is 0.669. The van der Waals surface area contributed by atoms with Crippen molar-refractivity contribution < 1.29 is 9.59 Å². The van der Waals surface area contributed by atoms with Gasteiger partial charge in [0.25, 0.3) is 0 Å². The van der Waals surface area contributed by atoms with E-state index in [0.29, 0.717) is 6.54 Å². The maximum atomic E-state index is 11.6. The second-order valence-corrected chi connectivity index (χ2v) is 4.50. The molecule has 0 aromatic carbocycles. The minimum Gasteiger partial charge on any atom is -0.354 e. The molecule has 16 heavy (non-hydrogen) atoms. The third kappa shape index (κ3) is 3.83. The summed E-state index contributed by atoms with van der Waals surface area (Å²) in [7, 11) is 0. The Balaban J connectivity index is 2.19. The van der Waals surface area contributed by atoms with E-state index in [0.717, 1.165) is 32.1 Å². The molecule has 0 bridgehead atoms. The van der Waals surface area contributed by atoms with Gasteiger partial charge in [0.15, 0.2) is 0 Å². The lowest BCUT2D eigenvalue weighted by atomic mass is 9.84. The normalized spacial score (nSPS) is 17.4. The molecule has 1 saturated carbocycles. The van der Waals surface area contributed by atoms with Crippen molar-refractivity contribution in [1.29, 1.82) is 0 Å². The number of amides is 2. The minimum absolute atomic E-state index is 0.0318. The highest BCUT2D eigenvalue weighted by molar-refractivity contribution is 5.88. The summed E-state index contributed by atoms with van der Waals surface area (Å²) in [6.45, 7) is 4.50. The molecule has 1 fully saturated rings. The summed E-state index contributed by atoms with van der Waals surface area (Å²) in [4.78, 5) is 23.1. The van der Waals surface area contributed by atoms with Gasteiger partial charge in [0, 0.05) is 12.5 Å². The molecule has 0 spiro atoms. The maximum absolute atomic E-state index is 11.6. The van der Waals surface area contributed by atoms with E-state index in [2.05, 4.69) is 17.6 Å². The van der Waals surface area contributed by atoms with Crippen LogP contribution in [0.5, 0.6) is 0 Å². The molecule has 0 aliphatic heterocycles. The molecule has 2 N–H and O–H groups in total. The molecule has 1 atom stereocenters.